The van der Waals surface area contributed by atoms with Crippen LogP contribution in [0.1, 0.15) is 32.3 Å². The van der Waals surface area contributed by atoms with E-state index in [0.717, 1.165) is 15.7 Å². The van der Waals surface area contributed by atoms with Crippen LogP contribution in [0, 0.1) is 0 Å². The van der Waals surface area contributed by atoms with Crippen molar-refractivity contribution in [3.05, 3.63) is 60.2 Å². The first-order valence-electron chi connectivity index (χ1n) is 8.74. The van der Waals surface area contributed by atoms with Crippen LogP contribution in [0.4, 0.5) is 16.5 Å². The summed E-state index contributed by atoms with van der Waals surface area (Å²) >= 11 is 2.84. The standard InChI is InChI=1S/C20H22N4OS2/c1-13(2)15-9-11-17(12-10-15)22-19-23-24-20(27-19)26-14(3)18(25)21-16-7-5-4-6-8-16/h4-14H,1-3H3,(H,21,25)(H,22,23)/t14-/m0/s1. The van der Waals surface area contributed by atoms with Gasteiger partial charge in [0.25, 0.3) is 0 Å². The van der Waals surface area contributed by atoms with E-state index in [-0.39, 0.29) is 11.2 Å². The van der Waals surface area contributed by atoms with Gasteiger partial charge >= 0.3 is 0 Å². The predicted molar refractivity (Wildman–Crippen MR) is 114 cm³/mol. The molecule has 140 valence electrons. The summed E-state index contributed by atoms with van der Waals surface area (Å²) in [5, 5.41) is 15.0. The van der Waals surface area contributed by atoms with E-state index in [4.69, 9.17) is 0 Å². The van der Waals surface area contributed by atoms with Gasteiger partial charge in [0, 0.05) is 11.4 Å². The lowest BCUT2D eigenvalue weighted by molar-refractivity contribution is -0.115. The van der Waals surface area contributed by atoms with Crippen molar-refractivity contribution in [1.82, 2.24) is 10.2 Å². The molecule has 1 aromatic heterocycles. The minimum atomic E-state index is -0.267. The lowest BCUT2D eigenvalue weighted by Crippen LogP contribution is -2.22. The number of para-hydroxylation sites is 1. The largest absolute Gasteiger partial charge is 0.330 e. The first kappa shape index (κ1) is 19.4. The van der Waals surface area contributed by atoms with Gasteiger partial charge in [-0.3, -0.25) is 4.79 Å². The van der Waals surface area contributed by atoms with Gasteiger partial charge in [0.2, 0.25) is 11.0 Å². The number of rotatable bonds is 7. The molecule has 0 radical (unpaired) electrons. The molecule has 1 atom stereocenters. The molecule has 0 saturated heterocycles. The third kappa shape index (κ3) is 5.55. The highest BCUT2D eigenvalue weighted by molar-refractivity contribution is 8.02. The summed E-state index contributed by atoms with van der Waals surface area (Å²) in [5.74, 6) is 0.451. The minimum Gasteiger partial charge on any atom is -0.330 e. The summed E-state index contributed by atoms with van der Waals surface area (Å²) in [6.07, 6.45) is 0. The number of carbonyl (C=O) groups excluding carboxylic acids is 1. The number of aromatic nitrogens is 2. The van der Waals surface area contributed by atoms with E-state index in [9.17, 15) is 4.79 Å². The van der Waals surface area contributed by atoms with E-state index >= 15 is 0 Å². The molecule has 0 saturated carbocycles. The lowest BCUT2D eigenvalue weighted by Gasteiger charge is -2.09. The predicted octanol–water partition coefficient (Wildman–Crippen LogP) is 5.52. The number of hydrogen-bond acceptors (Lipinski definition) is 6. The molecule has 7 heteroatoms. The molecule has 0 unspecified atom stereocenters. The Morgan fingerprint density at radius 1 is 0.963 bits per heavy atom. The summed E-state index contributed by atoms with van der Waals surface area (Å²) in [5.41, 5.74) is 3.06. The second-order valence-electron chi connectivity index (χ2n) is 6.39. The number of amides is 1. The molecule has 0 aliphatic rings. The summed E-state index contributed by atoms with van der Waals surface area (Å²) in [6, 6.07) is 17.7. The first-order valence-corrected chi connectivity index (χ1v) is 10.4. The summed E-state index contributed by atoms with van der Waals surface area (Å²) in [4.78, 5) is 12.3. The highest BCUT2D eigenvalue weighted by atomic mass is 32.2. The monoisotopic (exact) mass is 398 g/mol. The summed E-state index contributed by atoms with van der Waals surface area (Å²) in [6.45, 7) is 6.21. The van der Waals surface area contributed by atoms with Crippen molar-refractivity contribution in [2.45, 2.75) is 36.3 Å². The van der Waals surface area contributed by atoms with Gasteiger partial charge in [-0.05, 0) is 42.7 Å². The fourth-order valence-electron chi connectivity index (χ4n) is 2.35. The Bertz CT molecular complexity index is 879. The molecule has 0 aliphatic carbocycles. The van der Waals surface area contributed by atoms with E-state index in [1.165, 1.54) is 28.7 Å². The number of hydrogen-bond donors (Lipinski definition) is 2. The Labute approximate surface area is 167 Å². The molecule has 0 bridgehead atoms. The van der Waals surface area contributed by atoms with Gasteiger partial charge in [-0.15, -0.1) is 10.2 Å². The summed E-state index contributed by atoms with van der Waals surface area (Å²) < 4.78 is 0.756. The molecular weight excluding hydrogens is 376 g/mol. The maximum absolute atomic E-state index is 12.3. The van der Waals surface area contributed by atoms with Crippen molar-refractivity contribution in [3.8, 4) is 0 Å². The van der Waals surface area contributed by atoms with Crippen LogP contribution in [0.5, 0.6) is 0 Å². The van der Waals surface area contributed by atoms with Gasteiger partial charge in [-0.2, -0.15) is 0 Å². The maximum atomic E-state index is 12.3. The van der Waals surface area contributed by atoms with Crippen LogP contribution >= 0.6 is 23.1 Å². The van der Waals surface area contributed by atoms with E-state index in [2.05, 4.69) is 46.8 Å². The second-order valence-corrected chi connectivity index (χ2v) is 8.96. The molecule has 3 aromatic rings. The zero-order chi connectivity index (χ0) is 19.2. The number of benzene rings is 2. The molecule has 1 heterocycles. The highest BCUT2D eigenvalue weighted by Gasteiger charge is 2.17. The fraction of sp³-hybridized carbons (Fsp3) is 0.250. The number of nitrogens with one attached hydrogen (secondary N) is 2. The molecule has 27 heavy (non-hydrogen) atoms. The molecule has 0 fully saturated rings. The van der Waals surface area contributed by atoms with E-state index < -0.39 is 0 Å². The van der Waals surface area contributed by atoms with Gasteiger partial charge in [-0.25, -0.2) is 0 Å². The van der Waals surface area contributed by atoms with Crippen LogP contribution in [-0.2, 0) is 4.79 Å². The average Bonchev–Trinajstić information content (AvgIpc) is 3.09. The minimum absolute atomic E-state index is 0.0554. The number of nitrogens with zero attached hydrogens (tertiary/aromatic N) is 2. The van der Waals surface area contributed by atoms with E-state index in [1.807, 2.05) is 49.4 Å². The Kier molecular flexibility index (Phi) is 6.47. The lowest BCUT2D eigenvalue weighted by atomic mass is 10.0. The van der Waals surface area contributed by atoms with Crippen molar-refractivity contribution < 1.29 is 4.79 Å². The molecule has 3 rings (SSSR count). The van der Waals surface area contributed by atoms with E-state index in [0.29, 0.717) is 11.0 Å². The summed E-state index contributed by atoms with van der Waals surface area (Å²) in [7, 11) is 0. The van der Waals surface area contributed by atoms with Crippen LogP contribution in [0.3, 0.4) is 0 Å². The fourth-order valence-corrected chi connectivity index (χ4v) is 4.27. The maximum Gasteiger partial charge on any atom is 0.237 e. The SMILES string of the molecule is CC(C)c1ccc(Nc2nnc(S[C@@H](C)C(=O)Nc3ccccc3)s2)cc1. The highest BCUT2D eigenvalue weighted by Crippen LogP contribution is 2.31. The zero-order valence-corrected chi connectivity index (χ0v) is 17.1. The zero-order valence-electron chi connectivity index (χ0n) is 15.5. The Morgan fingerprint density at radius 3 is 2.33 bits per heavy atom. The van der Waals surface area contributed by atoms with Crippen molar-refractivity contribution in [2.24, 2.45) is 0 Å². The molecule has 5 nitrogen and oxygen atoms in total. The van der Waals surface area contributed by atoms with Crippen LogP contribution < -0.4 is 10.6 Å². The number of anilines is 3. The van der Waals surface area contributed by atoms with Gasteiger partial charge in [0.1, 0.15) is 0 Å². The molecule has 2 N–H and O–H groups in total. The Morgan fingerprint density at radius 2 is 1.67 bits per heavy atom. The molecule has 1 amide bonds. The van der Waals surface area contributed by atoms with Gasteiger partial charge in [0.15, 0.2) is 4.34 Å². The third-order valence-electron chi connectivity index (χ3n) is 3.92. The first-order chi connectivity index (χ1) is 13.0. The Balaban J connectivity index is 1.56. The average molecular weight is 399 g/mol. The quantitative estimate of drug-likeness (QED) is 0.513. The topological polar surface area (TPSA) is 66.9 Å². The van der Waals surface area contributed by atoms with Gasteiger partial charge < -0.3 is 10.6 Å². The van der Waals surface area contributed by atoms with Gasteiger partial charge in [0.05, 0.1) is 5.25 Å². The molecule has 0 spiro atoms. The molecule has 2 aromatic carbocycles. The van der Waals surface area contributed by atoms with Crippen molar-refractivity contribution in [1.29, 1.82) is 0 Å². The smallest absolute Gasteiger partial charge is 0.237 e. The van der Waals surface area contributed by atoms with Crippen LogP contribution in [0.2, 0.25) is 0 Å². The van der Waals surface area contributed by atoms with E-state index in [1.54, 1.807) is 0 Å². The van der Waals surface area contributed by atoms with Crippen molar-refractivity contribution in [2.75, 3.05) is 10.6 Å². The van der Waals surface area contributed by atoms with Crippen LogP contribution in [0.15, 0.2) is 58.9 Å². The second kappa shape index (κ2) is 9.01. The van der Waals surface area contributed by atoms with Gasteiger partial charge in [-0.1, -0.05) is 67.3 Å². The molecular formula is C20H22N4OS2. The van der Waals surface area contributed by atoms with Crippen molar-refractivity contribution in [3.63, 3.8) is 0 Å². The van der Waals surface area contributed by atoms with Crippen LogP contribution in [0.25, 0.3) is 0 Å². The third-order valence-corrected chi connectivity index (χ3v) is 5.95. The normalized spacial score (nSPS) is 12.0. The number of carbonyl (C=O) groups is 1. The van der Waals surface area contributed by atoms with Crippen molar-refractivity contribution >= 4 is 45.5 Å². The van der Waals surface area contributed by atoms with Crippen LogP contribution in [-0.4, -0.2) is 21.4 Å². The number of thioether (sulfide) groups is 1. The molecule has 0 aliphatic heterocycles. The Hall–Kier alpha value is -2.38.